The van der Waals surface area contributed by atoms with Gasteiger partial charge in [0.2, 0.25) is 11.8 Å². The molecular formula is C6H10N2O2. The van der Waals surface area contributed by atoms with Crippen molar-refractivity contribution in [1.82, 2.24) is 0 Å². The maximum absolute atomic E-state index is 10.4. The second-order valence-corrected chi connectivity index (χ2v) is 1.79. The fourth-order valence-corrected chi connectivity index (χ4v) is 0.519. The standard InChI is InChI=1S/C6H10N2O2/c1-2-4(6(8)10)3-5(7)9/h3H,2H2,1H3,(H2,7,9)(H2,8,10)/b4-3-. The van der Waals surface area contributed by atoms with Crippen LogP contribution in [-0.2, 0) is 9.59 Å². The Hall–Kier alpha value is -1.32. The summed E-state index contributed by atoms with van der Waals surface area (Å²) in [6.45, 7) is 1.72. The second-order valence-electron chi connectivity index (χ2n) is 1.79. The first-order valence-corrected chi connectivity index (χ1v) is 2.87. The number of primary amides is 2. The van der Waals surface area contributed by atoms with Gasteiger partial charge in [0, 0.05) is 11.6 Å². The molecule has 0 aliphatic heterocycles. The van der Waals surface area contributed by atoms with Crippen molar-refractivity contribution in [3.05, 3.63) is 11.6 Å². The normalized spacial score (nSPS) is 11.1. The van der Waals surface area contributed by atoms with E-state index in [0.717, 1.165) is 6.08 Å². The van der Waals surface area contributed by atoms with Crippen LogP contribution in [0.15, 0.2) is 11.6 Å². The molecule has 0 saturated heterocycles. The summed E-state index contributed by atoms with van der Waals surface area (Å²) < 4.78 is 0. The highest BCUT2D eigenvalue weighted by molar-refractivity contribution is 5.99. The Bertz CT molecular complexity index is 184. The molecule has 4 nitrogen and oxygen atoms in total. The Kier molecular flexibility index (Phi) is 3.17. The molecule has 0 bridgehead atoms. The molecule has 0 heterocycles. The van der Waals surface area contributed by atoms with Gasteiger partial charge in [0.15, 0.2) is 0 Å². The van der Waals surface area contributed by atoms with E-state index in [-0.39, 0.29) is 5.57 Å². The molecule has 4 heteroatoms. The monoisotopic (exact) mass is 142 g/mol. The number of rotatable bonds is 3. The fraction of sp³-hybridized carbons (Fsp3) is 0.333. The Labute approximate surface area is 58.9 Å². The molecule has 0 aliphatic rings. The van der Waals surface area contributed by atoms with Crippen molar-refractivity contribution in [1.29, 1.82) is 0 Å². The third-order valence-electron chi connectivity index (χ3n) is 1.01. The predicted molar refractivity (Wildman–Crippen MR) is 36.8 cm³/mol. The molecule has 0 atom stereocenters. The van der Waals surface area contributed by atoms with Crippen molar-refractivity contribution in [2.45, 2.75) is 13.3 Å². The van der Waals surface area contributed by atoms with Gasteiger partial charge in [-0.25, -0.2) is 0 Å². The molecule has 4 N–H and O–H groups in total. The van der Waals surface area contributed by atoms with Gasteiger partial charge >= 0.3 is 0 Å². The van der Waals surface area contributed by atoms with Gasteiger partial charge in [0.05, 0.1) is 0 Å². The van der Waals surface area contributed by atoms with Crippen LogP contribution in [0, 0.1) is 0 Å². The number of carbonyl (C=O) groups excluding carboxylic acids is 2. The van der Waals surface area contributed by atoms with Crippen LogP contribution >= 0.6 is 0 Å². The lowest BCUT2D eigenvalue weighted by molar-refractivity contribution is -0.116. The van der Waals surface area contributed by atoms with Gasteiger partial charge in [-0.1, -0.05) is 6.92 Å². The van der Waals surface area contributed by atoms with Crippen LogP contribution in [0.5, 0.6) is 0 Å². The van der Waals surface area contributed by atoms with E-state index in [4.69, 9.17) is 11.5 Å². The summed E-state index contributed by atoms with van der Waals surface area (Å²) >= 11 is 0. The quantitative estimate of drug-likeness (QED) is 0.510. The molecule has 2 amide bonds. The first kappa shape index (κ1) is 8.68. The van der Waals surface area contributed by atoms with Crippen LogP contribution in [0.4, 0.5) is 0 Å². The second kappa shape index (κ2) is 3.66. The minimum absolute atomic E-state index is 0.257. The van der Waals surface area contributed by atoms with Crippen LogP contribution in [-0.4, -0.2) is 11.8 Å². The zero-order valence-electron chi connectivity index (χ0n) is 5.76. The van der Waals surface area contributed by atoms with Crippen molar-refractivity contribution in [2.24, 2.45) is 11.5 Å². The highest BCUT2D eigenvalue weighted by Crippen LogP contribution is 1.96. The van der Waals surface area contributed by atoms with Gasteiger partial charge in [-0.2, -0.15) is 0 Å². The Morgan fingerprint density at radius 1 is 1.40 bits per heavy atom. The maximum Gasteiger partial charge on any atom is 0.244 e. The van der Waals surface area contributed by atoms with Crippen molar-refractivity contribution in [3.63, 3.8) is 0 Å². The molecule has 0 aliphatic carbocycles. The van der Waals surface area contributed by atoms with E-state index in [0.29, 0.717) is 6.42 Å². The minimum Gasteiger partial charge on any atom is -0.366 e. The molecule has 0 aromatic carbocycles. The molecule has 0 unspecified atom stereocenters. The molecule has 0 aromatic heterocycles. The molecule has 0 radical (unpaired) electrons. The molecular weight excluding hydrogens is 132 g/mol. The van der Waals surface area contributed by atoms with Crippen molar-refractivity contribution < 1.29 is 9.59 Å². The van der Waals surface area contributed by atoms with E-state index < -0.39 is 11.8 Å². The SMILES string of the molecule is CC/C(=C/C(N)=O)C(N)=O. The highest BCUT2D eigenvalue weighted by atomic mass is 16.1. The van der Waals surface area contributed by atoms with E-state index >= 15 is 0 Å². The van der Waals surface area contributed by atoms with E-state index in [2.05, 4.69) is 0 Å². The summed E-state index contributed by atoms with van der Waals surface area (Å²) in [7, 11) is 0. The van der Waals surface area contributed by atoms with Gasteiger partial charge in [0.1, 0.15) is 0 Å². The number of hydrogen-bond donors (Lipinski definition) is 2. The lowest BCUT2D eigenvalue weighted by Gasteiger charge is -1.94. The van der Waals surface area contributed by atoms with Crippen LogP contribution in [0.25, 0.3) is 0 Å². The topological polar surface area (TPSA) is 86.2 Å². The van der Waals surface area contributed by atoms with Crippen molar-refractivity contribution in [3.8, 4) is 0 Å². The van der Waals surface area contributed by atoms with Gasteiger partial charge < -0.3 is 11.5 Å². The fourth-order valence-electron chi connectivity index (χ4n) is 0.519. The summed E-state index contributed by atoms with van der Waals surface area (Å²) in [5, 5.41) is 0. The first-order valence-electron chi connectivity index (χ1n) is 2.87. The van der Waals surface area contributed by atoms with E-state index in [1.165, 1.54) is 0 Å². The van der Waals surface area contributed by atoms with Gasteiger partial charge in [-0.15, -0.1) is 0 Å². The van der Waals surface area contributed by atoms with Crippen LogP contribution in [0.1, 0.15) is 13.3 Å². The zero-order chi connectivity index (χ0) is 8.15. The largest absolute Gasteiger partial charge is 0.366 e. The molecule has 0 spiro atoms. The van der Waals surface area contributed by atoms with E-state index in [9.17, 15) is 9.59 Å². The molecule has 0 aromatic rings. The van der Waals surface area contributed by atoms with Crippen molar-refractivity contribution in [2.75, 3.05) is 0 Å². The van der Waals surface area contributed by atoms with Crippen molar-refractivity contribution >= 4 is 11.8 Å². The van der Waals surface area contributed by atoms with Crippen LogP contribution < -0.4 is 11.5 Å². The molecule has 0 rings (SSSR count). The first-order chi connectivity index (χ1) is 4.57. The Morgan fingerprint density at radius 3 is 2.00 bits per heavy atom. The predicted octanol–water partition coefficient (Wildman–Crippen LogP) is -0.707. The number of nitrogens with two attached hydrogens (primary N) is 2. The highest BCUT2D eigenvalue weighted by Gasteiger charge is 2.01. The third-order valence-corrected chi connectivity index (χ3v) is 1.01. The van der Waals surface area contributed by atoms with Gasteiger partial charge in [0.25, 0.3) is 0 Å². The molecule has 56 valence electrons. The third kappa shape index (κ3) is 2.86. The molecule has 0 saturated carbocycles. The minimum atomic E-state index is -0.643. The lowest BCUT2D eigenvalue weighted by Crippen LogP contribution is -2.17. The Morgan fingerprint density at radius 2 is 1.90 bits per heavy atom. The molecule has 10 heavy (non-hydrogen) atoms. The summed E-state index contributed by atoms with van der Waals surface area (Å²) in [5.74, 6) is -1.24. The smallest absolute Gasteiger partial charge is 0.244 e. The summed E-state index contributed by atoms with van der Waals surface area (Å²) in [6.07, 6.45) is 1.47. The lowest BCUT2D eigenvalue weighted by atomic mass is 10.2. The number of carbonyl (C=O) groups is 2. The maximum atomic E-state index is 10.4. The van der Waals surface area contributed by atoms with Crippen LogP contribution in [0.3, 0.4) is 0 Å². The summed E-state index contributed by atoms with van der Waals surface area (Å²) in [5.41, 5.74) is 9.92. The van der Waals surface area contributed by atoms with Gasteiger partial charge in [-0.3, -0.25) is 9.59 Å². The summed E-state index contributed by atoms with van der Waals surface area (Å²) in [4.78, 5) is 20.6. The van der Waals surface area contributed by atoms with Gasteiger partial charge in [-0.05, 0) is 6.42 Å². The average Bonchev–Trinajstić information content (AvgIpc) is 1.81. The number of amides is 2. The van der Waals surface area contributed by atoms with Crippen LogP contribution in [0.2, 0.25) is 0 Å². The molecule has 0 fully saturated rings. The van der Waals surface area contributed by atoms with E-state index in [1.54, 1.807) is 6.92 Å². The number of hydrogen-bond acceptors (Lipinski definition) is 2. The van der Waals surface area contributed by atoms with E-state index in [1.807, 2.05) is 0 Å². The summed E-state index contributed by atoms with van der Waals surface area (Å²) in [6, 6.07) is 0. The zero-order valence-corrected chi connectivity index (χ0v) is 5.76. The average molecular weight is 142 g/mol. The Balaban J connectivity index is 4.34.